The zero-order chi connectivity index (χ0) is 11.5. The molecule has 16 heavy (non-hydrogen) atoms. The summed E-state index contributed by atoms with van der Waals surface area (Å²) in [6.07, 6.45) is 3.09. The normalized spacial score (nSPS) is 10.4. The van der Waals surface area contributed by atoms with Crippen molar-refractivity contribution in [3.63, 3.8) is 0 Å². The molecule has 8 heteroatoms. The van der Waals surface area contributed by atoms with Crippen LogP contribution in [0.4, 0.5) is 0 Å². The lowest BCUT2D eigenvalue weighted by Gasteiger charge is -2.03. The Balaban J connectivity index is 2.40. The van der Waals surface area contributed by atoms with E-state index in [1.165, 1.54) is 18.1 Å². The monoisotopic (exact) mass is 284 g/mol. The standard InChI is InChI=1S/C8H9BrN6O/c1-16-7-5(9)3-11-8(13-7)15-4-12-6(2-10)14-15/h3-4H,2,10H2,1H3. The van der Waals surface area contributed by atoms with Crippen LogP contribution in [0.15, 0.2) is 17.0 Å². The topological polar surface area (TPSA) is 91.7 Å². The van der Waals surface area contributed by atoms with Crippen molar-refractivity contribution in [3.8, 4) is 11.8 Å². The van der Waals surface area contributed by atoms with Crippen LogP contribution in [0.5, 0.6) is 5.88 Å². The van der Waals surface area contributed by atoms with Gasteiger partial charge in [-0.05, 0) is 15.9 Å². The second kappa shape index (κ2) is 4.54. The molecule has 0 saturated heterocycles. The van der Waals surface area contributed by atoms with E-state index >= 15 is 0 Å². The summed E-state index contributed by atoms with van der Waals surface area (Å²) in [6, 6.07) is 0. The van der Waals surface area contributed by atoms with Crippen molar-refractivity contribution < 1.29 is 4.74 Å². The molecular formula is C8H9BrN6O. The Morgan fingerprint density at radius 2 is 2.31 bits per heavy atom. The van der Waals surface area contributed by atoms with Gasteiger partial charge < -0.3 is 10.5 Å². The largest absolute Gasteiger partial charge is 0.480 e. The summed E-state index contributed by atoms with van der Waals surface area (Å²) in [5.41, 5.74) is 5.41. The van der Waals surface area contributed by atoms with Crippen molar-refractivity contribution in [1.29, 1.82) is 0 Å². The predicted molar refractivity (Wildman–Crippen MR) is 59.1 cm³/mol. The average molecular weight is 285 g/mol. The second-order valence-electron chi connectivity index (χ2n) is 2.84. The molecule has 0 bridgehead atoms. The molecule has 0 aliphatic carbocycles. The molecule has 2 aromatic rings. The SMILES string of the molecule is COc1nc(-n2cnc(CN)n2)ncc1Br. The first-order chi connectivity index (χ1) is 7.74. The third kappa shape index (κ3) is 2.02. The Morgan fingerprint density at radius 1 is 1.50 bits per heavy atom. The Bertz CT molecular complexity index is 499. The molecule has 2 rings (SSSR count). The van der Waals surface area contributed by atoms with Gasteiger partial charge in [0.2, 0.25) is 5.88 Å². The molecule has 0 unspecified atom stereocenters. The minimum atomic E-state index is 0.278. The summed E-state index contributed by atoms with van der Waals surface area (Å²) in [4.78, 5) is 12.2. The summed E-state index contributed by atoms with van der Waals surface area (Å²) in [5.74, 6) is 1.35. The number of methoxy groups -OCH3 is 1. The zero-order valence-electron chi connectivity index (χ0n) is 8.46. The highest BCUT2D eigenvalue weighted by Crippen LogP contribution is 2.21. The number of aromatic nitrogens is 5. The van der Waals surface area contributed by atoms with Gasteiger partial charge in [-0.3, -0.25) is 0 Å². The molecule has 0 aliphatic heterocycles. The van der Waals surface area contributed by atoms with E-state index in [0.29, 0.717) is 22.1 Å². The van der Waals surface area contributed by atoms with Crippen molar-refractivity contribution >= 4 is 15.9 Å². The van der Waals surface area contributed by atoms with Gasteiger partial charge in [0, 0.05) is 0 Å². The van der Waals surface area contributed by atoms with Crippen LogP contribution >= 0.6 is 15.9 Å². The molecule has 7 nitrogen and oxygen atoms in total. The molecule has 2 heterocycles. The van der Waals surface area contributed by atoms with E-state index in [1.54, 1.807) is 6.20 Å². The van der Waals surface area contributed by atoms with E-state index in [9.17, 15) is 0 Å². The van der Waals surface area contributed by atoms with Crippen LogP contribution in [-0.2, 0) is 6.54 Å². The first kappa shape index (κ1) is 11.0. The fourth-order valence-electron chi connectivity index (χ4n) is 1.08. The molecule has 0 radical (unpaired) electrons. The van der Waals surface area contributed by atoms with Gasteiger partial charge in [0.15, 0.2) is 5.82 Å². The number of halogens is 1. The Hall–Kier alpha value is -1.54. The third-order valence-corrected chi connectivity index (χ3v) is 2.36. The number of ether oxygens (including phenoxy) is 1. The zero-order valence-corrected chi connectivity index (χ0v) is 10.0. The lowest BCUT2D eigenvalue weighted by molar-refractivity contribution is 0.392. The molecular weight excluding hydrogens is 276 g/mol. The molecule has 2 aromatic heterocycles. The molecule has 0 spiro atoms. The van der Waals surface area contributed by atoms with Crippen molar-refractivity contribution in [2.24, 2.45) is 5.73 Å². The lowest BCUT2D eigenvalue weighted by atomic mass is 10.6. The van der Waals surface area contributed by atoms with Gasteiger partial charge in [-0.1, -0.05) is 0 Å². The van der Waals surface area contributed by atoms with E-state index < -0.39 is 0 Å². The smallest absolute Gasteiger partial charge is 0.255 e. The first-order valence-corrected chi connectivity index (χ1v) is 5.21. The van der Waals surface area contributed by atoms with Crippen molar-refractivity contribution in [2.75, 3.05) is 7.11 Å². The van der Waals surface area contributed by atoms with Gasteiger partial charge in [-0.2, -0.15) is 9.67 Å². The molecule has 2 N–H and O–H groups in total. The molecule has 84 valence electrons. The second-order valence-corrected chi connectivity index (χ2v) is 3.69. The van der Waals surface area contributed by atoms with Crippen molar-refractivity contribution in [2.45, 2.75) is 6.54 Å². The van der Waals surface area contributed by atoms with Crippen molar-refractivity contribution in [3.05, 3.63) is 22.8 Å². The Morgan fingerprint density at radius 3 is 2.94 bits per heavy atom. The first-order valence-electron chi connectivity index (χ1n) is 4.42. The fourth-order valence-corrected chi connectivity index (χ4v) is 1.44. The minimum absolute atomic E-state index is 0.278. The molecule has 0 amide bonds. The van der Waals surface area contributed by atoms with Gasteiger partial charge in [0.1, 0.15) is 6.33 Å². The van der Waals surface area contributed by atoms with Gasteiger partial charge in [-0.25, -0.2) is 9.97 Å². The van der Waals surface area contributed by atoms with Crippen LogP contribution in [0.1, 0.15) is 5.82 Å². The maximum atomic E-state index is 5.41. The molecule has 0 atom stereocenters. The number of hydrogen-bond acceptors (Lipinski definition) is 6. The highest BCUT2D eigenvalue weighted by molar-refractivity contribution is 9.10. The minimum Gasteiger partial charge on any atom is -0.480 e. The Labute approximate surface area is 99.8 Å². The summed E-state index contributed by atoms with van der Waals surface area (Å²) >= 11 is 3.27. The highest BCUT2D eigenvalue weighted by Gasteiger charge is 2.08. The lowest BCUT2D eigenvalue weighted by Crippen LogP contribution is -2.05. The summed E-state index contributed by atoms with van der Waals surface area (Å²) in [7, 11) is 1.53. The maximum absolute atomic E-state index is 5.41. The van der Waals surface area contributed by atoms with E-state index in [4.69, 9.17) is 10.5 Å². The van der Waals surface area contributed by atoms with Gasteiger partial charge >= 0.3 is 0 Å². The molecule has 0 aliphatic rings. The third-order valence-electron chi connectivity index (χ3n) is 1.82. The number of rotatable bonds is 3. The maximum Gasteiger partial charge on any atom is 0.255 e. The van der Waals surface area contributed by atoms with Crippen LogP contribution in [0.25, 0.3) is 5.95 Å². The molecule has 0 saturated carbocycles. The van der Waals surface area contributed by atoms with Gasteiger partial charge in [0.05, 0.1) is 24.3 Å². The summed E-state index contributed by atoms with van der Waals surface area (Å²) in [5, 5.41) is 4.09. The molecule has 0 fully saturated rings. The van der Waals surface area contributed by atoms with Gasteiger partial charge in [-0.15, -0.1) is 5.10 Å². The van der Waals surface area contributed by atoms with E-state index in [1.807, 2.05) is 0 Å². The summed E-state index contributed by atoms with van der Waals surface area (Å²) < 4.78 is 7.18. The van der Waals surface area contributed by atoms with Crippen LogP contribution in [0.3, 0.4) is 0 Å². The van der Waals surface area contributed by atoms with Crippen LogP contribution in [0.2, 0.25) is 0 Å². The van der Waals surface area contributed by atoms with E-state index in [0.717, 1.165) is 0 Å². The number of nitrogens with two attached hydrogens (primary N) is 1. The molecule has 0 aromatic carbocycles. The highest BCUT2D eigenvalue weighted by atomic mass is 79.9. The van der Waals surface area contributed by atoms with Crippen LogP contribution < -0.4 is 10.5 Å². The number of nitrogens with zero attached hydrogens (tertiary/aromatic N) is 5. The summed E-state index contributed by atoms with van der Waals surface area (Å²) in [6.45, 7) is 0.278. The fraction of sp³-hybridized carbons (Fsp3) is 0.250. The van der Waals surface area contributed by atoms with Crippen LogP contribution in [-0.4, -0.2) is 31.8 Å². The van der Waals surface area contributed by atoms with Crippen LogP contribution in [0, 0.1) is 0 Å². The van der Waals surface area contributed by atoms with Crippen molar-refractivity contribution in [1.82, 2.24) is 24.7 Å². The van der Waals surface area contributed by atoms with Gasteiger partial charge in [0.25, 0.3) is 5.95 Å². The average Bonchev–Trinajstić information content (AvgIpc) is 2.78. The predicted octanol–water partition coefficient (Wildman–Crippen LogP) is 0.287. The Kier molecular flexibility index (Phi) is 3.11. The number of hydrogen-bond donors (Lipinski definition) is 1. The van der Waals surface area contributed by atoms with E-state index in [2.05, 4.69) is 36.0 Å². The van der Waals surface area contributed by atoms with E-state index in [-0.39, 0.29) is 6.54 Å². The quantitative estimate of drug-likeness (QED) is 0.871.